The predicted molar refractivity (Wildman–Crippen MR) is 67.0 cm³/mol. The molecule has 2 nitrogen and oxygen atoms in total. The van der Waals surface area contributed by atoms with Gasteiger partial charge in [0.1, 0.15) is 5.75 Å². The highest BCUT2D eigenvalue weighted by Crippen LogP contribution is 2.27. The van der Waals surface area contributed by atoms with Gasteiger partial charge in [0.2, 0.25) is 0 Å². The second kappa shape index (κ2) is 6.12. The first-order valence-corrected chi connectivity index (χ1v) is 6.03. The van der Waals surface area contributed by atoms with Crippen molar-refractivity contribution in [3.8, 4) is 5.75 Å². The van der Waals surface area contributed by atoms with Gasteiger partial charge in [-0.05, 0) is 31.0 Å². The van der Waals surface area contributed by atoms with Crippen molar-refractivity contribution in [2.45, 2.75) is 20.3 Å². The molecule has 0 aliphatic carbocycles. The number of benzene rings is 1. The summed E-state index contributed by atoms with van der Waals surface area (Å²) >= 11 is 11.5. The van der Waals surface area contributed by atoms with Crippen LogP contribution in [0, 0.1) is 6.92 Å². The van der Waals surface area contributed by atoms with Gasteiger partial charge < -0.3 is 4.74 Å². The lowest BCUT2D eigenvalue weighted by molar-refractivity contribution is 0.101. The van der Waals surface area contributed by atoms with Gasteiger partial charge in [-0.1, -0.05) is 18.5 Å². The minimum Gasteiger partial charge on any atom is -0.493 e. The van der Waals surface area contributed by atoms with E-state index >= 15 is 0 Å². The van der Waals surface area contributed by atoms with Crippen LogP contribution in [-0.4, -0.2) is 18.3 Å². The minimum absolute atomic E-state index is 0.0676. The molecule has 0 N–H and O–H groups in total. The molecular weight excluding hydrogens is 247 g/mol. The highest BCUT2D eigenvalue weighted by Gasteiger charge is 2.14. The number of Topliss-reactive ketones (excluding diaryl/α,β-unsaturated/α-hetero) is 1. The number of carbonyl (C=O) groups is 1. The van der Waals surface area contributed by atoms with Gasteiger partial charge in [0.15, 0.2) is 5.78 Å². The molecule has 4 heteroatoms. The zero-order valence-electron chi connectivity index (χ0n) is 9.35. The molecule has 0 amide bonds. The van der Waals surface area contributed by atoms with Crippen LogP contribution in [0.25, 0.3) is 0 Å². The number of hydrogen-bond acceptors (Lipinski definition) is 2. The lowest BCUT2D eigenvalue weighted by Gasteiger charge is -2.11. The fraction of sp³-hybridized carbons (Fsp3) is 0.417. The van der Waals surface area contributed by atoms with E-state index < -0.39 is 0 Å². The van der Waals surface area contributed by atoms with Gasteiger partial charge in [-0.15, -0.1) is 11.6 Å². The second-order valence-corrected chi connectivity index (χ2v) is 4.18. The van der Waals surface area contributed by atoms with Gasteiger partial charge in [0.05, 0.1) is 18.1 Å². The van der Waals surface area contributed by atoms with Gasteiger partial charge in [0, 0.05) is 5.02 Å². The Morgan fingerprint density at radius 1 is 1.44 bits per heavy atom. The van der Waals surface area contributed by atoms with E-state index in [0.29, 0.717) is 22.9 Å². The number of rotatable bonds is 5. The van der Waals surface area contributed by atoms with Crippen LogP contribution in [0.3, 0.4) is 0 Å². The number of ether oxygens (including phenoxy) is 1. The van der Waals surface area contributed by atoms with Crippen LogP contribution in [0.2, 0.25) is 5.02 Å². The summed E-state index contributed by atoms with van der Waals surface area (Å²) < 4.78 is 5.51. The molecule has 88 valence electrons. The number of halogens is 2. The van der Waals surface area contributed by atoms with Crippen molar-refractivity contribution in [2.24, 2.45) is 0 Å². The smallest absolute Gasteiger partial charge is 0.181 e. The molecule has 0 saturated carbocycles. The summed E-state index contributed by atoms with van der Waals surface area (Å²) in [6, 6.07) is 3.39. The molecule has 0 atom stereocenters. The van der Waals surface area contributed by atoms with E-state index in [1.807, 2.05) is 13.8 Å². The van der Waals surface area contributed by atoms with E-state index in [4.69, 9.17) is 27.9 Å². The SMILES string of the molecule is CCCOc1cc(C)c(Cl)cc1C(=O)CCl. The molecule has 0 aliphatic heterocycles. The lowest BCUT2D eigenvalue weighted by Crippen LogP contribution is -2.06. The van der Waals surface area contributed by atoms with Crippen LogP contribution in [0.4, 0.5) is 0 Å². The fourth-order valence-electron chi connectivity index (χ4n) is 1.28. The third-order valence-electron chi connectivity index (χ3n) is 2.14. The number of carbonyl (C=O) groups excluding carboxylic acids is 1. The molecule has 0 fully saturated rings. The fourth-order valence-corrected chi connectivity index (χ4v) is 1.58. The van der Waals surface area contributed by atoms with Crippen LogP contribution >= 0.6 is 23.2 Å². The van der Waals surface area contributed by atoms with Crippen LogP contribution in [0.15, 0.2) is 12.1 Å². The van der Waals surface area contributed by atoms with Gasteiger partial charge in [0.25, 0.3) is 0 Å². The summed E-state index contributed by atoms with van der Waals surface area (Å²) in [6.45, 7) is 4.45. The molecule has 1 aromatic rings. The molecule has 1 rings (SSSR count). The Hall–Kier alpha value is -0.730. The first-order chi connectivity index (χ1) is 7.60. The number of alkyl halides is 1. The Bertz CT molecular complexity index is 389. The molecule has 0 radical (unpaired) electrons. The van der Waals surface area contributed by atoms with E-state index in [1.165, 1.54) is 0 Å². The van der Waals surface area contributed by atoms with Crippen molar-refractivity contribution in [1.82, 2.24) is 0 Å². The van der Waals surface area contributed by atoms with Crippen molar-refractivity contribution in [2.75, 3.05) is 12.5 Å². The Balaban J connectivity index is 3.11. The molecule has 16 heavy (non-hydrogen) atoms. The van der Waals surface area contributed by atoms with Crippen molar-refractivity contribution in [3.05, 3.63) is 28.3 Å². The maximum atomic E-state index is 11.6. The molecule has 0 unspecified atom stereocenters. The molecule has 0 aromatic heterocycles. The molecule has 0 aliphatic rings. The van der Waals surface area contributed by atoms with E-state index in [-0.39, 0.29) is 11.7 Å². The maximum absolute atomic E-state index is 11.6. The summed E-state index contributed by atoms with van der Waals surface area (Å²) in [5, 5.41) is 0.553. The zero-order chi connectivity index (χ0) is 12.1. The third kappa shape index (κ3) is 3.13. The van der Waals surface area contributed by atoms with E-state index in [2.05, 4.69) is 0 Å². The van der Waals surface area contributed by atoms with Crippen molar-refractivity contribution in [3.63, 3.8) is 0 Å². The molecule has 0 heterocycles. The molecular formula is C12H14Cl2O2. The minimum atomic E-state index is -0.172. The topological polar surface area (TPSA) is 26.3 Å². The summed E-state index contributed by atoms with van der Waals surface area (Å²) in [7, 11) is 0. The van der Waals surface area contributed by atoms with E-state index in [1.54, 1.807) is 12.1 Å². The maximum Gasteiger partial charge on any atom is 0.181 e. The lowest BCUT2D eigenvalue weighted by atomic mass is 10.1. The van der Waals surface area contributed by atoms with Crippen LogP contribution in [0.5, 0.6) is 5.75 Å². The first-order valence-electron chi connectivity index (χ1n) is 5.12. The highest BCUT2D eigenvalue weighted by atomic mass is 35.5. The van der Waals surface area contributed by atoms with Gasteiger partial charge in [-0.2, -0.15) is 0 Å². The number of hydrogen-bond donors (Lipinski definition) is 0. The summed E-state index contributed by atoms with van der Waals surface area (Å²) in [5.41, 5.74) is 1.35. The Morgan fingerprint density at radius 2 is 2.12 bits per heavy atom. The van der Waals surface area contributed by atoms with Gasteiger partial charge in [-0.3, -0.25) is 4.79 Å². The van der Waals surface area contributed by atoms with Crippen LogP contribution in [-0.2, 0) is 0 Å². The summed E-state index contributed by atoms with van der Waals surface area (Å²) in [6.07, 6.45) is 0.885. The number of ketones is 1. The third-order valence-corrected chi connectivity index (χ3v) is 2.79. The highest BCUT2D eigenvalue weighted by molar-refractivity contribution is 6.33. The Kier molecular flexibility index (Phi) is 5.10. The standard InChI is InChI=1S/C12H14Cl2O2/c1-3-4-16-12-5-8(2)10(14)6-9(12)11(15)7-13/h5-6H,3-4,7H2,1-2H3. The Labute approximate surface area is 106 Å². The normalized spacial score (nSPS) is 10.2. The quantitative estimate of drug-likeness (QED) is 0.594. The Morgan fingerprint density at radius 3 is 2.69 bits per heavy atom. The van der Waals surface area contributed by atoms with Crippen molar-refractivity contribution >= 4 is 29.0 Å². The molecule has 0 spiro atoms. The first kappa shape index (κ1) is 13.3. The molecule has 0 saturated heterocycles. The average Bonchev–Trinajstić information content (AvgIpc) is 2.29. The predicted octanol–water partition coefficient (Wildman–Crippen LogP) is 3.86. The van der Waals surface area contributed by atoms with Crippen LogP contribution in [0.1, 0.15) is 29.3 Å². The zero-order valence-corrected chi connectivity index (χ0v) is 10.9. The van der Waals surface area contributed by atoms with E-state index in [9.17, 15) is 4.79 Å². The van der Waals surface area contributed by atoms with E-state index in [0.717, 1.165) is 12.0 Å². The number of aryl methyl sites for hydroxylation is 1. The van der Waals surface area contributed by atoms with Crippen molar-refractivity contribution in [1.29, 1.82) is 0 Å². The average molecular weight is 261 g/mol. The van der Waals surface area contributed by atoms with Crippen molar-refractivity contribution < 1.29 is 9.53 Å². The second-order valence-electron chi connectivity index (χ2n) is 3.50. The molecule has 1 aromatic carbocycles. The summed E-state index contributed by atoms with van der Waals surface area (Å²) in [4.78, 5) is 11.6. The van der Waals surface area contributed by atoms with Gasteiger partial charge >= 0.3 is 0 Å². The molecule has 0 bridgehead atoms. The monoisotopic (exact) mass is 260 g/mol. The van der Waals surface area contributed by atoms with Crippen LogP contribution < -0.4 is 4.74 Å². The summed E-state index contributed by atoms with van der Waals surface area (Å²) in [5.74, 6) is 0.325. The largest absolute Gasteiger partial charge is 0.493 e. The van der Waals surface area contributed by atoms with Gasteiger partial charge in [-0.25, -0.2) is 0 Å².